The van der Waals surface area contributed by atoms with Crippen LogP contribution in [0.3, 0.4) is 0 Å². The summed E-state index contributed by atoms with van der Waals surface area (Å²) in [4.78, 5) is 18.4. The van der Waals surface area contributed by atoms with Crippen molar-refractivity contribution < 1.29 is 13.6 Å². The SMILES string of the molecule is CNC1CCN(C(=O)c2csc(-c3c(F)cccc3F)n2)CC1. The van der Waals surface area contributed by atoms with Crippen LogP contribution in [-0.4, -0.2) is 42.0 Å². The van der Waals surface area contributed by atoms with Gasteiger partial charge in [0.25, 0.3) is 5.91 Å². The van der Waals surface area contributed by atoms with Gasteiger partial charge in [-0.15, -0.1) is 11.3 Å². The summed E-state index contributed by atoms with van der Waals surface area (Å²) in [5, 5.41) is 4.96. The number of halogens is 2. The van der Waals surface area contributed by atoms with Crippen molar-refractivity contribution in [3.63, 3.8) is 0 Å². The lowest BCUT2D eigenvalue weighted by molar-refractivity contribution is 0.0702. The third-order valence-corrected chi connectivity index (χ3v) is 4.95. The average Bonchev–Trinajstić information content (AvgIpc) is 3.04. The molecule has 1 aromatic carbocycles. The van der Waals surface area contributed by atoms with Crippen molar-refractivity contribution in [1.29, 1.82) is 0 Å². The number of thiazole rings is 1. The van der Waals surface area contributed by atoms with E-state index in [9.17, 15) is 13.6 Å². The Bertz CT molecular complexity index is 691. The highest BCUT2D eigenvalue weighted by atomic mass is 32.1. The third kappa shape index (κ3) is 3.25. The minimum Gasteiger partial charge on any atom is -0.337 e. The summed E-state index contributed by atoms with van der Waals surface area (Å²) in [5.74, 6) is -1.53. The molecule has 2 heterocycles. The summed E-state index contributed by atoms with van der Waals surface area (Å²) in [6, 6.07) is 4.10. The summed E-state index contributed by atoms with van der Waals surface area (Å²) in [5.41, 5.74) is 0.0704. The molecule has 0 atom stereocenters. The molecule has 3 rings (SSSR count). The Morgan fingerprint density at radius 2 is 1.96 bits per heavy atom. The molecule has 0 unspecified atom stereocenters. The summed E-state index contributed by atoms with van der Waals surface area (Å²) < 4.78 is 27.6. The van der Waals surface area contributed by atoms with E-state index < -0.39 is 11.6 Å². The average molecular weight is 337 g/mol. The van der Waals surface area contributed by atoms with Gasteiger partial charge in [-0.05, 0) is 32.0 Å². The Kier molecular flexibility index (Phi) is 4.68. The van der Waals surface area contributed by atoms with Gasteiger partial charge < -0.3 is 10.2 Å². The number of carbonyl (C=O) groups is 1. The molecule has 0 bridgehead atoms. The van der Waals surface area contributed by atoms with Crippen LogP contribution in [0.1, 0.15) is 23.3 Å². The minimum absolute atomic E-state index is 0.176. The molecular weight excluding hydrogens is 320 g/mol. The van der Waals surface area contributed by atoms with Crippen molar-refractivity contribution in [1.82, 2.24) is 15.2 Å². The number of amides is 1. The van der Waals surface area contributed by atoms with E-state index in [0.717, 1.165) is 24.2 Å². The predicted molar refractivity (Wildman–Crippen MR) is 85.5 cm³/mol. The second kappa shape index (κ2) is 6.72. The first-order chi connectivity index (χ1) is 11.1. The number of nitrogens with one attached hydrogen (secondary N) is 1. The molecule has 1 aliphatic heterocycles. The molecule has 1 amide bonds. The predicted octanol–water partition coefficient (Wildman–Crippen LogP) is 2.91. The Hall–Kier alpha value is -1.86. The van der Waals surface area contributed by atoms with E-state index in [2.05, 4.69) is 10.3 Å². The fourth-order valence-corrected chi connectivity index (χ4v) is 3.56. The van der Waals surface area contributed by atoms with Gasteiger partial charge in [0.1, 0.15) is 22.3 Å². The molecule has 1 aliphatic rings. The van der Waals surface area contributed by atoms with Crippen LogP contribution in [0.2, 0.25) is 0 Å². The number of benzene rings is 1. The monoisotopic (exact) mass is 337 g/mol. The van der Waals surface area contributed by atoms with E-state index in [0.29, 0.717) is 19.1 Å². The number of likely N-dealkylation sites (tertiary alicyclic amines) is 1. The topological polar surface area (TPSA) is 45.2 Å². The molecule has 1 aromatic heterocycles. The Labute approximate surface area is 137 Å². The van der Waals surface area contributed by atoms with Crippen molar-refractivity contribution in [3.8, 4) is 10.6 Å². The first-order valence-corrected chi connectivity index (χ1v) is 8.34. The fraction of sp³-hybridized carbons (Fsp3) is 0.375. The first kappa shape index (κ1) is 16.0. The molecule has 2 aromatic rings. The minimum atomic E-state index is -0.673. The smallest absolute Gasteiger partial charge is 0.273 e. The fourth-order valence-electron chi connectivity index (χ4n) is 2.72. The van der Waals surface area contributed by atoms with Gasteiger partial charge in [0.15, 0.2) is 0 Å². The Morgan fingerprint density at radius 3 is 2.57 bits per heavy atom. The van der Waals surface area contributed by atoms with Gasteiger partial charge in [-0.3, -0.25) is 4.79 Å². The maximum absolute atomic E-state index is 13.8. The zero-order valence-electron chi connectivity index (χ0n) is 12.7. The zero-order valence-corrected chi connectivity index (χ0v) is 13.5. The van der Waals surface area contributed by atoms with Gasteiger partial charge in [0.05, 0.1) is 5.56 Å². The highest BCUT2D eigenvalue weighted by molar-refractivity contribution is 7.13. The molecule has 23 heavy (non-hydrogen) atoms. The van der Waals surface area contributed by atoms with Crippen molar-refractivity contribution >= 4 is 17.2 Å². The van der Waals surface area contributed by atoms with Gasteiger partial charge in [-0.2, -0.15) is 0 Å². The number of carbonyl (C=O) groups excluding carboxylic acids is 1. The first-order valence-electron chi connectivity index (χ1n) is 7.46. The van der Waals surface area contributed by atoms with Crippen LogP contribution in [0.15, 0.2) is 23.6 Å². The largest absolute Gasteiger partial charge is 0.337 e. The standard InChI is InChI=1S/C16H17F2N3OS/c1-19-10-5-7-21(8-6-10)16(22)13-9-23-15(20-13)14-11(17)3-2-4-12(14)18/h2-4,9-10,19H,5-8H2,1H3. The Morgan fingerprint density at radius 1 is 1.30 bits per heavy atom. The molecule has 1 saturated heterocycles. The molecular formula is C16H17F2N3OS. The van der Waals surface area contributed by atoms with Crippen LogP contribution in [-0.2, 0) is 0 Å². The van der Waals surface area contributed by atoms with Crippen LogP contribution in [0, 0.1) is 11.6 Å². The van der Waals surface area contributed by atoms with Crippen LogP contribution in [0.4, 0.5) is 8.78 Å². The van der Waals surface area contributed by atoms with Crippen molar-refractivity contribution in [2.75, 3.05) is 20.1 Å². The molecule has 0 aliphatic carbocycles. The third-order valence-electron chi connectivity index (χ3n) is 4.09. The lowest BCUT2D eigenvalue weighted by Crippen LogP contribution is -2.44. The van der Waals surface area contributed by atoms with E-state index in [1.165, 1.54) is 18.2 Å². The number of hydrogen-bond donors (Lipinski definition) is 1. The molecule has 7 heteroatoms. The van der Waals surface area contributed by atoms with Gasteiger partial charge in [0, 0.05) is 24.5 Å². The van der Waals surface area contributed by atoms with E-state index in [1.807, 2.05) is 7.05 Å². The highest BCUT2D eigenvalue weighted by Gasteiger charge is 2.25. The van der Waals surface area contributed by atoms with Crippen molar-refractivity contribution in [2.45, 2.75) is 18.9 Å². The van der Waals surface area contributed by atoms with E-state index in [1.54, 1.807) is 10.3 Å². The second-order valence-corrected chi connectivity index (χ2v) is 6.35. The summed E-state index contributed by atoms with van der Waals surface area (Å²) in [6.07, 6.45) is 1.78. The quantitative estimate of drug-likeness (QED) is 0.937. The maximum Gasteiger partial charge on any atom is 0.273 e. The molecule has 1 N–H and O–H groups in total. The number of aromatic nitrogens is 1. The van der Waals surface area contributed by atoms with Crippen LogP contribution >= 0.6 is 11.3 Å². The molecule has 0 spiro atoms. The molecule has 1 fully saturated rings. The maximum atomic E-state index is 13.8. The van der Waals surface area contributed by atoms with Gasteiger partial charge in [-0.25, -0.2) is 13.8 Å². The molecule has 4 nitrogen and oxygen atoms in total. The van der Waals surface area contributed by atoms with Crippen molar-refractivity contribution in [3.05, 3.63) is 40.9 Å². The van der Waals surface area contributed by atoms with Gasteiger partial charge >= 0.3 is 0 Å². The summed E-state index contributed by atoms with van der Waals surface area (Å²) >= 11 is 1.08. The zero-order chi connectivity index (χ0) is 16.4. The number of nitrogens with zero attached hydrogens (tertiary/aromatic N) is 2. The molecule has 0 radical (unpaired) electrons. The second-order valence-electron chi connectivity index (χ2n) is 5.49. The van der Waals surface area contributed by atoms with E-state index in [4.69, 9.17) is 0 Å². The Balaban J connectivity index is 1.78. The normalized spacial score (nSPS) is 15.9. The van der Waals surface area contributed by atoms with E-state index in [-0.39, 0.29) is 22.2 Å². The number of piperidine rings is 1. The summed E-state index contributed by atoms with van der Waals surface area (Å²) in [7, 11) is 1.91. The van der Waals surface area contributed by atoms with Crippen LogP contribution < -0.4 is 5.32 Å². The lowest BCUT2D eigenvalue weighted by Gasteiger charge is -2.31. The van der Waals surface area contributed by atoms with Crippen LogP contribution in [0.5, 0.6) is 0 Å². The van der Waals surface area contributed by atoms with Crippen LogP contribution in [0.25, 0.3) is 10.6 Å². The summed E-state index contributed by atoms with van der Waals surface area (Å²) in [6.45, 7) is 1.32. The van der Waals surface area contributed by atoms with Gasteiger partial charge in [0.2, 0.25) is 0 Å². The highest BCUT2D eigenvalue weighted by Crippen LogP contribution is 2.29. The van der Waals surface area contributed by atoms with Crippen molar-refractivity contribution in [2.24, 2.45) is 0 Å². The number of hydrogen-bond acceptors (Lipinski definition) is 4. The van der Waals surface area contributed by atoms with E-state index >= 15 is 0 Å². The number of rotatable bonds is 3. The van der Waals surface area contributed by atoms with Gasteiger partial charge in [-0.1, -0.05) is 6.07 Å². The molecule has 0 saturated carbocycles. The lowest BCUT2D eigenvalue weighted by atomic mass is 10.1. The molecule has 122 valence electrons.